The monoisotopic (exact) mass is 324 g/mol. The molecule has 0 radical (unpaired) electrons. The molecule has 1 saturated heterocycles. The van der Waals surface area contributed by atoms with E-state index in [0.717, 1.165) is 19.5 Å². The lowest BCUT2D eigenvalue weighted by molar-refractivity contribution is 0.285. The van der Waals surface area contributed by atoms with Crippen LogP contribution in [-0.4, -0.2) is 24.7 Å². The zero-order chi connectivity index (χ0) is 14.2. The first-order valence-electron chi connectivity index (χ1n) is 7.15. The van der Waals surface area contributed by atoms with Crippen LogP contribution in [0.2, 0.25) is 0 Å². The lowest BCUT2D eigenvalue weighted by Gasteiger charge is -2.46. The summed E-state index contributed by atoms with van der Waals surface area (Å²) >= 11 is 3.66. The highest BCUT2D eigenvalue weighted by Crippen LogP contribution is 2.31. The van der Waals surface area contributed by atoms with Crippen molar-refractivity contribution in [2.75, 3.05) is 18.0 Å². The molecule has 106 valence electrons. The van der Waals surface area contributed by atoms with Gasteiger partial charge in [0.25, 0.3) is 0 Å². The molecule has 0 bridgehead atoms. The van der Waals surface area contributed by atoms with E-state index in [1.165, 1.54) is 21.3 Å². The third kappa shape index (κ3) is 2.97. The maximum Gasteiger partial charge on any atom is 0.0387 e. The number of aryl methyl sites for hydroxylation is 2. The minimum Gasteiger partial charge on any atom is -0.366 e. The SMILES string of the molecule is CCC1(C)CN(c2cc(C)c(Br)c(C)c2)C(C)CN1. The van der Waals surface area contributed by atoms with E-state index in [0.29, 0.717) is 6.04 Å². The Balaban J connectivity index is 2.34. The fourth-order valence-electron chi connectivity index (χ4n) is 2.76. The average molecular weight is 325 g/mol. The van der Waals surface area contributed by atoms with Gasteiger partial charge in [0.05, 0.1) is 0 Å². The zero-order valence-electron chi connectivity index (χ0n) is 12.7. The van der Waals surface area contributed by atoms with Crippen LogP contribution in [-0.2, 0) is 0 Å². The van der Waals surface area contributed by atoms with Crippen molar-refractivity contribution >= 4 is 21.6 Å². The van der Waals surface area contributed by atoms with Crippen molar-refractivity contribution in [3.63, 3.8) is 0 Å². The van der Waals surface area contributed by atoms with Crippen LogP contribution < -0.4 is 10.2 Å². The molecule has 2 unspecified atom stereocenters. The van der Waals surface area contributed by atoms with Gasteiger partial charge < -0.3 is 10.2 Å². The molecule has 0 aliphatic carbocycles. The summed E-state index contributed by atoms with van der Waals surface area (Å²) in [4.78, 5) is 2.55. The summed E-state index contributed by atoms with van der Waals surface area (Å²) in [6.07, 6.45) is 1.16. The molecule has 2 atom stereocenters. The maximum atomic E-state index is 3.68. The van der Waals surface area contributed by atoms with Gasteiger partial charge in [0.1, 0.15) is 0 Å². The van der Waals surface area contributed by atoms with Gasteiger partial charge >= 0.3 is 0 Å². The highest BCUT2D eigenvalue weighted by Gasteiger charge is 2.32. The average Bonchev–Trinajstić information content (AvgIpc) is 2.38. The van der Waals surface area contributed by atoms with Gasteiger partial charge in [-0.3, -0.25) is 0 Å². The lowest BCUT2D eigenvalue weighted by atomic mass is 9.93. The number of piperazine rings is 1. The van der Waals surface area contributed by atoms with Gasteiger partial charge in [0.15, 0.2) is 0 Å². The Kier molecular flexibility index (Phi) is 4.26. The molecule has 0 spiro atoms. The van der Waals surface area contributed by atoms with Crippen LogP contribution in [0.5, 0.6) is 0 Å². The van der Waals surface area contributed by atoms with Gasteiger partial charge in [-0.25, -0.2) is 0 Å². The number of halogens is 1. The molecule has 2 nitrogen and oxygen atoms in total. The van der Waals surface area contributed by atoms with Gasteiger partial charge in [0.2, 0.25) is 0 Å². The first-order chi connectivity index (χ1) is 8.86. The quantitative estimate of drug-likeness (QED) is 0.883. The molecule has 1 N–H and O–H groups in total. The van der Waals surface area contributed by atoms with E-state index in [1.54, 1.807) is 0 Å². The molecule has 1 fully saturated rings. The number of nitrogens with zero attached hydrogens (tertiary/aromatic N) is 1. The number of benzene rings is 1. The molecule has 19 heavy (non-hydrogen) atoms. The summed E-state index contributed by atoms with van der Waals surface area (Å²) in [6.45, 7) is 13.4. The van der Waals surface area contributed by atoms with E-state index in [9.17, 15) is 0 Å². The van der Waals surface area contributed by atoms with Crippen molar-refractivity contribution < 1.29 is 0 Å². The Bertz CT molecular complexity index is 449. The topological polar surface area (TPSA) is 15.3 Å². The van der Waals surface area contributed by atoms with Crippen LogP contribution in [0.4, 0.5) is 5.69 Å². The van der Waals surface area contributed by atoms with Crippen molar-refractivity contribution in [2.45, 2.75) is 52.6 Å². The predicted molar refractivity (Wildman–Crippen MR) is 87.1 cm³/mol. The zero-order valence-corrected chi connectivity index (χ0v) is 14.3. The summed E-state index contributed by atoms with van der Waals surface area (Å²) < 4.78 is 1.23. The largest absolute Gasteiger partial charge is 0.366 e. The second kappa shape index (κ2) is 5.45. The van der Waals surface area contributed by atoms with E-state index in [4.69, 9.17) is 0 Å². The van der Waals surface area contributed by atoms with Crippen LogP contribution >= 0.6 is 15.9 Å². The predicted octanol–water partition coefficient (Wildman–Crippen LogP) is 4.03. The molecule has 1 aromatic carbocycles. The fourth-order valence-corrected chi connectivity index (χ4v) is 2.99. The Morgan fingerprint density at radius 1 is 1.37 bits per heavy atom. The summed E-state index contributed by atoms with van der Waals surface area (Å²) in [5.74, 6) is 0. The fraction of sp³-hybridized carbons (Fsp3) is 0.625. The summed E-state index contributed by atoms with van der Waals surface area (Å²) in [7, 11) is 0. The number of hydrogen-bond acceptors (Lipinski definition) is 2. The van der Waals surface area contributed by atoms with Crippen LogP contribution in [0, 0.1) is 13.8 Å². The molecule has 1 aliphatic rings. The Morgan fingerprint density at radius 2 is 1.95 bits per heavy atom. The minimum atomic E-state index is 0.224. The Hall–Kier alpha value is -0.540. The molecule has 2 rings (SSSR count). The van der Waals surface area contributed by atoms with Crippen LogP contribution in [0.15, 0.2) is 16.6 Å². The molecule has 1 aromatic rings. The molecule has 0 saturated carbocycles. The summed E-state index contributed by atoms with van der Waals surface area (Å²) in [5.41, 5.74) is 4.21. The second-order valence-electron chi connectivity index (χ2n) is 6.17. The van der Waals surface area contributed by atoms with Gasteiger partial charge in [-0.1, -0.05) is 22.9 Å². The van der Waals surface area contributed by atoms with E-state index in [2.05, 4.69) is 72.9 Å². The highest BCUT2D eigenvalue weighted by molar-refractivity contribution is 9.10. The van der Waals surface area contributed by atoms with E-state index in [-0.39, 0.29) is 5.54 Å². The third-order valence-corrected chi connectivity index (χ3v) is 5.66. The number of nitrogens with one attached hydrogen (secondary N) is 1. The van der Waals surface area contributed by atoms with Gasteiger partial charge in [-0.15, -0.1) is 0 Å². The first-order valence-corrected chi connectivity index (χ1v) is 7.94. The van der Waals surface area contributed by atoms with Crippen LogP contribution in [0.1, 0.15) is 38.3 Å². The summed E-state index contributed by atoms with van der Waals surface area (Å²) in [6, 6.07) is 5.14. The van der Waals surface area contributed by atoms with Gasteiger partial charge in [-0.2, -0.15) is 0 Å². The third-order valence-electron chi connectivity index (χ3n) is 4.41. The smallest absolute Gasteiger partial charge is 0.0387 e. The second-order valence-corrected chi connectivity index (χ2v) is 6.96. The molecular weight excluding hydrogens is 300 g/mol. The van der Waals surface area contributed by atoms with Crippen molar-refractivity contribution in [1.82, 2.24) is 5.32 Å². The maximum absolute atomic E-state index is 3.68. The molecule has 1 aliphatic heterocycles. The highest BCUT2D eigenvalue weighted by atomic mass is 79.9. The van der Waals surface area contributed by atoms with Gasteiger partial charge in [-0.05, 0) is 57.4 Å². The molecule has 0 aromatic heterocycles. The number of rotatable bonds is 2. The van der Waals surface area contributed by atoms with Crippen molar-refractivity contribution in [3.8, 4) is 0 Å². The van der Waals surface area contributed by atoms with E-state index < -0.39 is 0 Å². The molecular formula is C16H25BrN2. The lowest BCUT2D eigenvalue weighted by Crippen LogP contribution is -2.62. The van der Waals surface area contributed by atoms with Gasteiger partial charge in [0, 0.05) is 34.8 Å². The normalized spacial score (nSPS) is 27.7. The summed E-state index contributed by atoms with van der Waals surface area (Å²) in [5, 5.41) is 3.68. The van der Waals surface area contributed by atoms with Crippen molar-refractivity contribution in [1.29, 1.82) is 0 Å². The number of anilines is 1. The van der Waals surface area contributed by atoms with Crippen LogP contribution in [0.3, 0.4) is 0 Å². The standard InChI is InChI=1S/C16H25BrN2/c1-6-16(5)10-19(13(4)9-18-16)14-7-11(2)15(17)12(3)8-14/h7-8,13,18H,6,9-10H2,1-5H3. The molecule has 0 amide bonds. The number of hydrogen-bond donors (Lipinski definition) is 1. The minimum absolute atomic E-state index is 0.224. The van der Waals surface area contributed by atoms with Crippen LogP contribution in [0.25, 0.3) is 0 Å². The first kappa shape index (κ1) is 14.9. The van der Waals surface area contributed by atoms with E-state index in [1.807, 2.05) is 0 Å². The Labute approximate surface area is 125 Å². The van der Waals surface area contributed by atoms with Crippen molar-refractivity contribution in [2.24, 2.45) is 0 Å². The molecule has 1 heterocycles. The Morgan fingerprint density at radius 3 is 2.47 bits per heavy atom. The van der Waals surface area contributed by atoms with Crippen molar-refractivity contribution in [3.05, 3.63) is 27.7 Å². The van der Waals surface area contributed by atoms with E-state index >= 15 is 0 Å². The molecule has 3 heteroatoms.